The van der Waals surface area contributed by atoms with E-state index < -0.39 is 0 Å². The monoisotopic (exact) mass is 788 g/mol. The fourth-order valence-corrected chi connectivity index (χ4v) is 9.76. The predicted molar refractivity (Wildman–Crippen MR) is 264 cm³/mol. The minimum absolute atomic E-state index is 1.09. The van der Waals surface area contributed by atoms with Gasteiger partial charge in [-0.1, -0.05) is 188 Å². The number of anilines is 3. The van der Waals surface area contributed by atoms with Crippen LogP contribution in [-0.2, 0) is 0 Å². The summed E-state index contributed by atoms with van der Waals surface area (Å²) >= 11 is 0. The number of aromatic nitrogens is 1. The van der Waals surface area contributed by atoms with Crippen LogP contribution in [0.1, 0.15) is 0 Å². The van der Waals surface area contributed by atoms with Gasteiger partial charge in [-0.2, -0.15) is 0 Å². The van der Waals surface area contributed by atoms with Crippen LogP contribution in [-0.4, -0.2) is 4.57 Å². The Morgan fingerprint density at radius 3 is 1.35 bits per heavy atom. The number of para-hydroxylation sites is 2. The molecular weight excluding hydrogens is 749 g/mol. The number of benzene rings is 11. The molecule has 62 heavy (non-hydrogen) atoms. The molecular formula is C60H40N2. The standard InChI is InChI=1S/C60H40N2/c1-3-16-41(17-4-1)42-30-34-45(35-31-42)61(47-38-39-54-52-23-8-7-21-50(52)51-22-9-10-24-53(51)56(54)40-47)46-36-32-44(33-37-46)48-20-11-13-27-57(48)62-58-28-14-12-25-55(58)60-49(26-15-29-59(60)62)43-18-5-2-6-19-43/h1-40H. The van der Waals surface area contributed by atoms with Gasteiger partial charge in [-0.3, -0.25) is 0 Å². The van der Waals surface area contributed by atoms with E-state index in [1.807, 2.05) is 0 Å². The molecule has 290 valence electrons. The van der Waals surface area contributed by atoms with E-state index >= 15 is 0 Å². The van der Waals surface area contributed by atoms with Crippen molar-refractivity contribution in [3.8, 4) is 39.1 Å². The first-order chi connectivity index (χ1) is 30.8. The summed E-state index contributed by atoms with van der Waals surface area (Å²) in [5.74, 6) is 0. The number of fused-ring (bicyclic) bond motifs is 9. The van der Waals surface area contributed by atoms with E-state index in [2.05, 4.69) is 252 Å². The van der Waals surface area contributed by atoms with Crippen LogP contribution in [0.3, 0.4) is 0 Å². The first-order valence-corrected chi connectivity index (χ1v) is 21.3. The number of rotatable bonds is 7. The highest BCUT2D eigenvalue weighted by Crippen LogP contribution is 2.44. The van der Waals surface area contributed by atoms with Gasteiger partial charge in [0.2, 0.25) is 0 Å². The topological polar surface area (TPSA) is 8.17 Å². The summed E-state index contributed by atoms with van der Waals surface area (Å²) in [4.78, 5) is 2.39. The van der Waals surface area contributed by atoms with Gasteiger partial charge in [0.1, 0.15) is 0 Å². The van der Waals surface area contributed by atoms with Crippen LogP contribution < -0.4 is 4.90 Å². The summed E-state index contributed by atoms with van der Waals surface area (Å²) < 4.78 is 2.45. The molecule has 0 N–H and O–H groups in total. The van der Waals surface area contributed by atoms with Gasteiger partial charge in [0.05, 0.1) is 16.7 Å². The Morgan fingerprint density at radius 2 is 0.694 bits per heavy atom. The molecule has 12 aromatic rings. The van der Waals surface area contributed by atoms with E-state index in [1.165, 1.54) is 81.9 Å². The van der Waals surface area contributed by atoms with Crippen LogP contribution in [0, 0.1) is 0 Å². The molecule has 0 atom stereocenters. The third-order valence-electron chi connectivity index (χ3n) is 12.6. The van der Waals surface area contributed by atoms with Crippen molar-refractivity contribution in [2.45, 2.75) is 0 Å². The van der Waals surface area contributed by atoms with Crippen LogP contribution in [0.2, 0.25) is 0 Å². The average Bonchev–Trinajstić information content (AvgIpc) is 3.70. The molecule has 0 radical (unpaired) electrons. The van der Waals surface area contributed by atoms with E-state index in [0.29, 0.717) is 0 Å². The van der Waals surface area contributed by atoms with Crippen LogP contribution in [0.15, 0.2) is 243 Å². The van der Waals surface area contributed by atoms with Crippen LogP contribution in [0.25, 0.3) is 93.2 Å². The van der Waals surface area contributed by atoms with Crippen molar-refractivity contribution in [3.05, 3.63) is 243 Å². The lowest BCUT2D eigenvalue weighted by atomic mass is 9.94. The molecule has 1 heterocycles. The van der Waals surface area contributed by atoms with Crippen LogP contribution >= 0.6 is 0 Å². The fourth-order valence-electron chi connectivity index (χ4n) is 9.76. The van der Waals surface area contributed by atoms with Crippen molar-refractivity contribution in [2.24, 2.45) is 0 Å². The van der Waals surface area contributed by atoms with Gasteiger partial charge < -0.3 is 9.47 Å². The Hall–Kier alpha value is -8.20. The molecule has 0 aliphatic carbocycles. The smallest absolute Gasteiger partial charge is 0.0547 e. The van der Waals surface area contributed by atoms with Gasteiger partial charge in [0, 0.05) is 33.4 Å². The molecule has 0 aliphatic heterocycles. The summed E-state index contributed by atoms with van der Waals surface area (Å²) in [5.41, 5.74) is 14.0. The lowest BCUT2D eigenvalue weighted by Crippen LogP contribution is -2.10. The highest BCUT2D eigenvalue weighted by Gasteiger charge is 2.20. The first-order valence-electron chi connectivity index (χ1n) is 21.3. The Labute approximate surface area is 360 Å². The van der Waals surface area contributed by atoms with Crippen molar-refractivity contribution < 1.29 is 0 Å². The summed E-state index contributed by atoms with van der Waals surface area (Å²) in [6.45, 7) is 0. The summed E-state index contributed by atoms with van der Waals surface area (Å²) in [7, 11) is 0. The zero-order valence-corrected chi connectivity index (χ0v) is 34.0. The molecule has 11 aromatic carbocycles. The zero-order chi connectivity index (χ0) is 41.0. The van der Waals surface area contributed by atoms with Gasteiger partial charge in [0.15, 0.2) is 0 Å². The SMILES string of the molecule is c1ccc(-c2ccc(N(c3ccc(-c4ccccc4-n4c5ccccc5c5c(-c6ccccc6)cccc54)cc3)c3ccc4c5ccccc5c5ccccc5c4c3)cc2)cc1. The Kier molecular flexibility index (Phi) is 8.53. The summed E-state index contributed by atoms with van der Waals surface area (Å²) in [6, 6.07) is 88.4. The maximum absolute atomic E-state index is 2.45. The molecule has 0 spiro atoms. The minimum atomic E-state index is 1.09. The molecule has 0 amide bonds. The quantitative estimate of drug-likeness (QED) is 0.146. The lowest BCUT2D eigenvalue weighted by Gasteiger charge is -2.27. The highest BCUT2D eigenvalue weighted by atomic mass is 15.1. The molecule has 0 saturated heterocycles. The number of hydrogen-bond donors (Lipinski definition) is 0. The van der Waals surface area contributed by atoms with E-state index in [1.54, 1.807) is 0 Å². The summed E-state index contributed by atoms with van der Waals surface area (Å²) in [5, 5.41) is 10.1. The molecule has 12 rings (SSSR count). The third-order valence-corrected chi connectivity index (χ3v) is 12.6. The normalized spacial score (nSPS) is 11.5. The molecule has 0 unspecified atom stereocenters. The number of hydrogen-bond acceptors (Lipinski definition) is 1. The van der Waals surface area contributed by atoms with Gasteiger partial charge in [-0.25, -0.2) is 0 Å². The van der Waals surface area contributed by atoms with Crippen LogP contribution in [0.5, 0.6) is 0 Å². The first kappa shape index (κ1) is 35.7. The molecule has 2 heteroatoms. The van der Waals surface area contributed by atoms with Crippen molar-refractivity contribution in [3.63, 3.8) is 0 Å². The molecule has 2 nitrogen and oxygen atoms in total. The van der Waals surface area contributed by atoms with Gasteiger partial charge in [-0.15, -0.1) is 0 Å². The maximum atomic E-state index is 2.45. The molecule has 1 aromatic heterocycles. The van der Waals surface area contributed by atoms with Crippen molar-refractivity contribution in [2.75, 3.05) is 4.90 Å². The fraction of sp³-hybridized carbons (Fsp3) is 0. The van der Waals surface area contributed by atoms with Crippen LogP contribution in [0.4, 0.5) is 17.1 Å². The number of nitrogens with zero attached hydrogens (tertiary/aromatic N) is 2. The molecule has 0 bridgehead atoms. The van der Waals surface area contributed by atoms with Crippen molar-refractivity contribution >= 4 is 71.2 Å². The highest BCUT2D eigenvalue weighted by molar-refractivity contribution is 6.26. The van der Waals surface area contributed by atoms with Gasteiger partial charge in [-0.05, 0) is 115 Å². The van der Waals surface area contributed by atoms with Crippen molar-refractivity contribution in [1.29, 1.82) is 0 Å². The lowest BCUT2D eigenvalue weighted by molar-refractivity contribution is 1.18. The predicted octanol–water partition coefficient (Wildman–Crippen LogP) is 16.7. The van der Waals surface area contributed by atoms with Crippen molar-refractivity contribution in [1.82, 2.24) is 4.57 Å². The Bertz CT molecular complexity index is 3570. The van der Waals surface area contributed by atoms with E-state index in [9.17, 15) is 0 Å². The second-order valence-electron chi connectivity index (χ2n) is 16.1. The van der Waals surface area contributed by atoms with Gasteiger partial charge in [0.25, 0.3) is 0 Å². The molecule has 0 saturated carbocycles. The summed E-state index contributed by atoms with van der Waals surface area (Å²) in [6.07, 6.45) is 0. The van der Waals surface area contributed by atoms with E-state index in [0.717, 1.165) is 28.3 Å². The second-order valence-corrected chi connectivity index (χ2v) is 16.1. The Balaban J connectivity index is 1.01. The molecule has 0 aliphatic rings. The van der Waals surface area contributed by atoms with E-state index in [4.69, 9.17) is 0 Å². The largest absolute Gasteiger partial charge is 0.310 e. The maximum Gasteiger partial charge on any atom is 0.0547 e. The second kappa shape index (κ2) is 14.8. The third kappa shape index (κ3) is 5.88. The van der Waals surface area contributed by atoms with E-state index in [-0.39, 0.29) is 0 Å². The Morgan fingerprint density at radius 1 is 0.258 bits per heavy atom. The van der Waals surface area contributed by atoms with Gasteiger partial charge >= 0.3 is 0 Å². The molecule has 0 fully saturated rings. The minimum Gasteiger partial charge on any atom is -0.310 e. The zero-order valence-electron chi connectivity index (χ0n) is 34.0. The average molecular weight is 789 g/mol.